The predicted octanol–water partition coefficient (Wildman–Crippen LogP) is 1.84. The van der Waals surface area contributed by atoms with Gasteiger partial charge in [0.05, 0.1) is 6.54 Å². The zero-order valence-electron chi connectivity index (χ0n) is 11.8. The second-order valence-corrected chi connectivity index (χ2v) is 5.87. The molecule has 0 radical (unpaired) electrons. The summed E-state index contributed by atoms with van der Waals surface area (Å²) in [5.74, 6) is 0.0982. The van der Waals surface area contributed by atoms with Gasteiger partial charge >= 0.3 is 0 Å². The molecule has 1 aliphatic carbocycles. The SMILES string of the molecule is O=C(CN(CC1CCCN1)C1CC1)Nc1ccccc1. The van der Waals surface area contributed by atoms with E-state index in [0.29, 0.717) is 18.6 Å². The summed E-state index contributed by atoms with van der Waals surface area (Å²) in [4.78, 5) is 14.5. The molecule has 2 fully saturated rings. The molecule has 0 spiro atoms. The van der Waals surface area contributed by atoms with Crippen molar-refractivity contribution in [2.24, 2.45) is 0 Å². The van der Waals surface area contributed by atoms with Crippen molar-refractivity contribution in [3.8, 4) is 0 Å². The number of nitrogens with zero attached hydrogens (tertiary/aromatic N) is 1. The Kier molecular flexibility index (Phi) is 4.33. The highest BCUT2D eigenvalue weighted by Crippen LogP contribution is 2.27. The monoisotopic (exact) mass is 273 g/mol. The average Bonchev–Trinajstić information content (AvgIpc) is 3.18. The van der Waals surface area contributed by atoms with Crippen molar-refractivity contribution in [3.05, 3.63) is 30.3 Å². The van der Waals surface area contributed by atoms with Gasteiger partial charge in [0.15, 0.2) is 0 Å². The van der Waals surface area contributed by atoms with Crippen molar-refractivity contribution in [1.29, 1.82) is 0 Å². The Labute approximate surface area is 120 Å². The normalized spacial score (nSPS) is 22.1. The van der Waals surface area contributed by atoms with Crippen LogP contribution in [0.3, 0.4) is 0 Å². The molecule has 1 saturated heterocycles. The predicted molar refractivity (Wildman–Crippen MR) is 80.7 cm³/mol. The smallest absolute Gasteiger partial charge is 0.238 e. The highest BCUT2D eigenvalue weighted by atomic mass is 16.2. The molecular weight excluding hydrogens is 250 g/mol. The van der Waals surface area contributed by atoms with Gasteiger partial charge in [0.25, 0.3) is 0 Å². The van der Waals surface area contributed by atoms with Crippen LogP contribution in [0.4, 0.5) is 5.69 Å². The molecule has 1 aromatic rings. The van der Waals surface area contributed by atoms with Crippen LogP contribution in [0.1, 0.15) is 25.7 Å². The number of hydrogen-bond donors (Lipinski definition) is 2. The first-order valence-electron chi connectivity index (χ1n) is 7.63. The molecule has 4 nitrogen and oxygen atoms in total. The first kappa shape index (κ1) is 13.6. The molecule has 1 atom stereocenters. The summed E-state index contributed by atoms with van der Waals surface area (Å²) in [7, 11) is 0. The minimum Gasteiger partial charge on any atom is -0.325 e. The summed E-state index contributed by atoms with van der Waals surface area (Å²) in [6.07, 6.45) is 4.99. The second-order valence-electron chi connectivity index (χ2n) is 5.87. The van der Waals surface area contributed by atoms with Crippen LogP contribution in [0.25, 0.3) is 0 Å². The summed E-state index contributed by atoms with van der Waals surface area (Å²) < 4.78 is 0. The lowest BCUT2D eigenvalue weighted by Crippen LogP contribution is -2.42. The maximum Gasteiger partial charge on any atom is 0.238 e. The quantitative estimate of drug-likeness (QED) is 0.831. The Morgan fingerprint density at radius 3 is 2.70 bits per heavy atom. The molecule has 2 aliphatic rings. The van der Waals surface area contributed by atoms with E-state index in [0.717, 1.165) is 18.8 Å². The minimum absolute atomic E-state index is 0.0982. The number of carbonyl (C=O) groups is 1. The maximum atomic E-state index is 12.2. The van der Waals surface area contributed by atoms with E-state index >= 15 is 0 Å². The third-order valence-corrected chi connectivity index (χ3v) is 4.08. The molecule has 108 valence electrons. The van der Waals surface area contributed by atoms with E-state index in [4.69, 9.17) is 0 Å². The lowest BCUT2D eigenvalue weighted by molar-refractivity contribution is -0.117. The minimum atomic E-state index is 0.0982. The third-order valence-electron chi connectivity index (χ3n) is 4.08. The molecule has 1 amide bonds. The van der Waals surface area contributed by atoms with Crippen LogP contribution in [0.5, 0.6) is 0 Å². The van der Waals surface area contributed by atoms with Gasteiger partial charge in [-0.3, -0.25) is 9.69 Å². The molecule has 1 unspecified atom stereocenters. The molecular formula is C16H23N3O. The van der Waals surface area contributed by atoms with Gasteiger partial charge in [-0.25, -0.2) is 0 Å². The van der Waals surface area contributed by atoms with Crippen molar-refractivity contribution in [3.63, 3.8) is 0 Å². The standard InChI is InChI=1S/C16H23N3O/c20-16(18-13-5-2-1-3-6-13)12-19(15-8-9-15)11-14-7-4-10-17-14/h1-3,5-6,14-15,17H,4,7-12H2,(H,18,20). The summed E-state index contributed by atoms with van der Waals surface area (Å²) in [5, 5.41) is 6.50. The first-order chi connectivity index (χ1) is 9.81. The van der Waals surface area contributed by atoms with E-state index in [-0.39, 0.29) is 5.91 Å². The van der Waals surface area contributed by atoms with E-state index < -0.39 is 0 Å². The molecule has 1 heterocycles. The van der Waals surface area contributed by atoms with Gasteiger partial charge in [0.1, 0.15) is 0 Å². The molecule has 0 aromatic heterocycles. The van der Waals surface area contributed by atoms with E-state index in [9.17, 15) is 4.79 Å². The molecule has 1 aliphatic heterocycles. The number of anilines is 1. The van der Waals surface area contributed by atoms with Crippen LogP contribution >= 0.6 is 0 Å². The van der Waals surface area contributed by atoms with Crippen molar-refractivity contribution in [2.45, 2.75) is 37.8 Å². The van der Waals surface area contributed by atoms with E-state index in [1.54, 1.807) is 0 Å². The topological polar surface area (TPSA) is 44.4 Å². The van der Waals surface area contributed by atoms with E-state index in [1.165, 1.54) is 25.7 Å². The number of hydrogen-bond acceptors (Lipinski definition) is 3. The molecule has 4 heteroatoms. The fourth-order valence-corrected chi connectivity index (χ4v) is 2.88. The average molecular weight is 273 g/mol. The lowest BCUT2D eigenvalue weighted by Gasteiger charge is -2.24. The van der Waals surface area contributed by atoms with Crippen LogP contribution in [0.2, 0.25) is 0 Å². The van der Waals surface area contributed by atoms with Gasteiger partial charge in [0.2, 0.25) is 5.91 Å². The summed E-state index contributed by atoms with van der Waals surface area (Å²) in [6.45, 7) is 2.64. The van der Waals surface area contributed by atoms with Gasteiger partial charge in [-0.1, -0.05) is 18.2 Å². The largest absolute Gasteiger partial charge is 0.325 e. The number of amides is 1. The number of rotatable bonds is 6. The van der Waals surface area contributed by atoms with Crippen molar-refractivity contribution in [1.82, 2.24) is 10.2 Å². The van der Waals surface area contributed by atoms with E-state index in [2.05, 4.69) is 15.5 Å². The molecule has 3 rings (SSSR count). The fourth-order valence-electron chi connectivity index (χ4n) is 2.88. The third kappa shape index (κ3) is 3.81. The Bertz CT molecular complexity index is 438. The van der Waals surface area contributed by atoms with Gasteiger partial charge in [-0.2, -0.15) is 0 Å². The van der Waals surface area contributed by atoms with Gasteiger partial charge in [-0.15, -0.1) is 0 Å². The van der Waals surface area contributed by atoms with Crippen LogP contribution in [-0.4, -0.2) is 42.5 Å². The first-order valence-corrected chi connectivity index (χ1v) is 7.63. The van der Waals surface area contributed by atoms with Gasteiger partial charge in [0, 0.05) is 24.3 Å². The van der Waals surface area contributed by atoms with Crippen LogP contribution in [-0.2, 0) is 4.79 Å². The van der Waals surface area contributed by atoms with Crippen molar-refractivity contribution >= 4 is 11.6 Å². The summed E-state index contributed by atoms with van der Waals surface area (Å²) >= 11 is 0. The van der Waals surface area contributed by atoms with Crippen LogP contribution in [0.15, 0.2) is 30.3 Å². The zero-order valence-corrected chi connectivity index (χ0v) is 11.8. The Morgan fingerprint density at radius 1 is 1.25 bits per heavy atom. The zero-order chi connectivity index (χ0) is 13.8. The van der Waals surface area contributed by atoms with Gasteiger partial charge in [-0.05, 0) is 44.4 Å². The van der Waals surface area contributed by atoms with Crippen LogP contribution < -0.4 is 10.6 Å². The van der Waals surface area contributed by atoms with Crippen LogP contribution in [0, 0.1) is 0 Å². The molecule has 20 heavy (non-hydrogen) atoms. The van der Waals surface area contributed by atoms with E-state index in [1.807, 2.05) is 30.3 Å². The molecule has 1 aromatic carbocycles. The Morgan fingerprint density at radius 2 is 2.05 bits per heavy atom. The number of nitrogens with one attached hydrogen (secondary N) is 2. The Balaban J connectivity index is 1.51. The highest BCUT2D eigenvalue weighted by molar-refractivity contribution is 5.92. The molecule has 2 N–H and O–H groups in total. The summed E-state index contributed by atoms with van der Waals surface area (Å²) in [6, 6.07) is 10.9. The van der Waals surface area contributed by atoms with Gasteiger partial charge < -0.3 is 10.6 Å². The number of carbonyl (C=O) groups excluding carboxylic acids is 1. The Hall–Kier alpha value is -1.39. The van der Waals surface area contributed by atoms with Crippen molar-refractivity contribution < 1.29 is 4.79 Å². The maximum absolute atomic E-state index is 12.2. The highest BCUT2D eigenvalue weighted by Gasteiger charge is 2.32. The number of benzene rings is 1. The second kappa shape index (κ2) is 6.37. The van der Waals surface area contributed by atoms with Crippen molar-refractivity contribution in [2.75, 3.05) is 25.0 Å². The molecule has 1 saturated carbocycles. The fraction of sp³-hybridized carbons (Fsp3) is 0.562. The summed E-state index contributed by atoms with van der Waals surface area (Å²) in [5.41, 5.74) is 0.882. The number of para-hydroxylation sites is 1. The lowest BCUT2D eigenvalue weighted by atomic mass is 10.2. The molecule has 0 bridgehead atoms.